The van der Waals surface area contributed by atoms with Gasteiger partial charge in [0.15, 0.2) is 5.82 Å². The molecule has 0 radical (unpaired) electrons. The summed E-state index contributed by atoms with van der Waals surface area (Å²) in [5, 5.41) is 15.7. The summed E-state index contributed by atoms with van der Waals surface area (Å²) < 4.78 is 20.2. The number of hydrogen-bond donors (Lipinski definition) is 3. The number of aliphatic carboxylic acids is 1. The van der Waals surface area contributed by atoms with Crippen LogP contribution in [0.15, 0.2) is 24.5 Å². The summed E-state index contributed by atoms with van der Waals surface area (Å²) in [7, 11) is 0. The number of ether oxygens (including phenoxy) is 1. The summed E-state index contributed by atoms with van der Waals surface area (Å²) in [5.74, 6) is -0.925. The summed E-state index contributed by atoms with van der Waals surface area (Å²) in [6, 6.07) is 3.16. The number of amides is 1. The third kappa shape index (κ3) is 8.96. The lowest BCUT2D eigenvalue weighted by molar-refractivity contribution is -0.139. The molecule has 1 aliphatic heterocycles. The molecule has 2 aromatic rings. The minimum atomic E-state index is -1.14. The van der Waals surface area contributed by atoms with E-state index in [1.165, 1.54) is 24.6 Å². The van der Waals surface area contributed by atoms with Crippen LogP contribution in [-0.2, 0) is 28.8 Å². The maximum Gasteiger partial charge on any atom is 0.326 e. The Bertz CT molecular complexity index is 1140. The van der Waals surface area contributed by atoms with Crippen molar-refractivity contribution in [3.8, 4) is 0 Å². The first-order valence-electron chi connectivity index (χ1n) is 14.6. The van der Waals surface area contributed by atoms with E-state index in [-0.39, 0.29) is 12.0 Å². The molecule has 4 rings (SSSR count). The molecule has 0 spiro atoms. The highest BCUT2D eigenvalue weighted by Gasteiger charge is 2.25. The molecule has 0 aromatic carbocycles. The molecular formula is C30H42FN5O4. The maximum atomic E-state index is 14.4. The minimum Gasteiger partial charge on any atom is -0.480 e. The number of nitrogens with zero attached hydrogens (tertiary/aromatic N) is 3. The number of unbranched alkanes of at least 4 members (excludes halogenated alkanes) is 1. The molecule has 2 aliphatic rings. The molecular weight excluding hydrogens is 513 g/mol. The standard InChI is InChI=1S/C30H42FN5O4/c1-2-22-18-32-19-25(31)27(22)29(37)35-26(30(38)39)12-15-36(16-17-40-20-21-8-9-21)14-4-3-7-24-11-10-23-6-5-13-33-28(23)34-24/h10-11,18-19,21,26H,2-9,12-17,20H2,1H3,(H,33,34)(H,35,37)(H,38,39). The molecule has 0 bridgehead atoms. The van der Waals surface area contributed by atoms with Gasteiger partial charge in [-0.25, -0.2) is 14.2 Å². The zero-order valence-electron chi connectivity index (χ0n) is 23.5. The molecule has 0 saturated heterocycles. The van der Waals surface area contributed by atoms with Gasteiger partial charge in [-0.1, -0.05) is 13.0 Å². The number of carbonyl (C=O) groups is 2. The SMILES string of the molecule is CCc1cncc(F)c1C(=O)NC(CCN(CCCCc1ccc2c(n1)NCCC2)CCOCC1CC1)C(=O)O. The Morgan fingerprint density at radius 3 is 2.85 bits per heavy atom. The number of anilines is 1. The van der Waals surface area contributed by atoms with Crippen molar-refractivity contribution in [1.29, 1.82) is 0 Å². The molecule has 1 fully saturated rings. The number of rotatable bonds is 17. The van der Waals surface area contributed by atoms with E-state index < -0.39 is 23.7 Å². The third-order valence-corrected chi connectivity index (χ3v) is 7.63. The lowest BCUT2D eigenvalue weighted by Crippen LogP contribution is -2.44. The van der Waals surface area contributed by atoms with Crippen molar-refractivity contribution < 1.29 is 23.8 Å². The van der Waals surface area contributed by atoms with Gasteiger partial charge in [0.1, 0.15) is 11.9 Å². The van der Waals surface area contributed by atoms with Gasteiger partial charge in [-0.3, -0.25) is 9.78 Å². The van der Waals surface area contributed by atoms with E-state index >= 15 is 0 Å². The van der Waals surface area contributed by atoms with Gasteiger partial charge in [0.2, 0.25) is 0 Å². The molecule has 10 heteroatoms. The lowest BCUT2D eigenvalue weighted by atomic mass is 10.1. The molecule has 1 aliphatic carbocycles. The number of pyridine rings is 2. The predicted molar refractivity (Wildman–Crippen MR) is 151 cm³/mol. The van der Waals surface area contributed by atoms with Crippen LogP contribution in [0, 0.1) is 11.7 Å². The van der Waals surface area contributed by atoms with Crippen LogP contribution in [-0.4, -0.2) is 77.3 Å². The highest BCUT2D eigenvalue weighted by atomic mass is 19.1. The Balaban J connectivity index is 1.29. The number of carbonyl (C=O) groups excluding carboxylic acids is 1. The van der Waals surface area contributed by atoms with Crippen LogP contribution in [0.2, 0.25) is 0 Å². The molecule has 40 heavy (non-hydrogen) atoms. The Hall–Kier alpha value is -3.11. The normalized spacial score (nSPS) is 15.4. The van der Waals surface area contributed by atoms with Crippen LogP contribution in [0.25, 0.3) is 0 Å². The quantitative estimate of drug-likeness (QED) is 0.252. The van der Waals surface area contributed by atoms with Crippen molar-refractivity contribution in [3.63, 3.8) is 0 Å². The van der Waals surface area contributed by atoms with Gasteiger partial charge in [0.25, 0.3) is 5.91 Å². The fraction of sp³-hybridized carbons (Fsp3) is 0.600. The average Bonchev–Trinajstić information content (AvgIpc) is 3.79. The number of aryl methyl sites for hydroxylation is 3. The molecule has 1 amide bonds. The van der Waals surface area contributed by atoms with Gasteiger partial charge in [-0.2, -0.15) is 0 Å². The van der Waals surface area contributed by atoms with Crippen LogP contribution in [0.4, 0.5) is 10.2 Å². The average molecular weight is 556 g/mol. The van der Waals surface area contributed by atoms with Gasteiger partial charge in [0.05, 0.1) is 18.4 Å². The monoisotopic (exact) mass is 555 g/mol. The van der Waals surface area contributed by atoms with Gasteiger partial charge < -0.3 is 25.4 Å². The van der Waals surface area contributed by atoms with Gasteiger partial charge in [-0.15, -0.1) is 0 Å². The van der Waals surface area contributed by atoms with Crippen LogP contribution in [0.1, 0.15) is 72.6 Å². The first kappa shape index (κ1) is 29.9. The van der Waals surface area contributed by atoms with E-state index in [1.54, 1.807) is 6.92 Å². The predicted octanol–water partition coefficient (Wildman–Crippen LogP) is 3.86. The third-order valence-electron chi connectivity index (χ3n) is 7.63. The summed E-state index contributed by atoms with van der Waals surface area (Å²) in [6.45, 7) is 6.07. The smallest absolute Gasteiger partial charge is 0.326 e. The van der Waals surface area contributed by atoms with E-state index in [0.717, 1.165) is 69.5 Å². The van der Waals surface area contributed by atoms with Crippen molar-refractivity contribution in [3.05, 3.63) is 52.7 Å². The largest absolute Gasteiger partial charge is 0.480 e. The second kappa shape index (κ2) is 15.0. The number of carboxylic acid groups (broad SMARTS) is 1. The number of fused-ring (bicyclic) bond motifs is 1. The Labute approximate surface area is 235 Å². The Kier molecular flexibility index (Phi) is 11.2. The molecule has 1 saturated carbocycles. The summed E-state index contributed by atoms with van der Waals surface area (Å²) >= 11 is 0. The first-order valence-corrected chi connectivity index (χ1v) is 14.6. The van der Waals surface area contributed by atoms with Crippen molar-refractivity contribution in [2.24, 2.45) is 5.92 Å². The maximum absolute atomic E-state index is 14.4. The van der Waals surface area contributed by atoms with Crippen molar-refractivity contribution in [2.75, 3.05) is 44.7 Å². The van der Waals surface area contributed by atoms with E-state index in [1.807, 2.05) is 0 Å². The highest BCUT2D eigenvalue weighted by molar-refractivity contribution is 5.98. The van der Waals surface area contributed by atoms with E-state index in [0.29, 0.717) is 37.6 Å². The summed E-state index contributed by atoms with van der Waals surface area (Å²) in [6.07, 6.45) is 10.5. The van der Waals surface area contributed by atoms with Crippen molar-refractivity contribution in [2.45, 2.75) is 70.8 Å². The van der Waals surface area contributed by atoms with Crippen molar-refractivity contribution in [1.82, 2.24) is 20.2 Å². The van der Waals surface area contributed by atoms with Crippen molar-refractivity contribution >= 4 is 17.7 Å². The summed E-state index contributed by atoms with van der Waals surface area (Å²) in [4.78, 5) is 35.6. The van der Waals surface area contributed by atoms with E-state index in [2.05, 4.69) is 32.7 Å². The van der Waals surface area contributed by atoms with Crippen LogP contribution in [0.5, 0.6) is 0 Å². The van der Waals surface area contributed by atoms with Gasteiger partial charge in [-0.05, 0) is 87.4 Å². The Morgan fingerprint density at radius 1 is 1.23 bits per heavy atom. The fourth-order valence-electron chi connectivity index (χ4n) is 5.01. The van der Waals surface area contributed by atoms with Gasteiger partial charge in [0, 0.05) is 38.1 Å². The molecule has 218 valence electrons. The molecule has 9 nitrogen and oxygen atoms in total. The lowest BCUT2D eigenvalue weighted by Gasteiger charge is -2.24. The number of hydrogen-bond acceptors (Lipinski definition) is 7. The molecule has 1 atom stereocenters. The highest BCUT2D eigenvalue weighted by Crippen LogP contribution is 2.28. The fourth-order valence-corrected chi connectivity index (χ4v) is 5.01. The zero-order valence-corrected chi connectivity index (χ0v) is 23.5. The Morgan fingerprint density at radius 2 is 2.08 bits per heavy atom. The first-order chi connectivity index (χ1) is 19.4. The number of aromatic nitrogens is 2. The summed E-state index contributed by atoms with van der Waals surface area (Å²) in [5.41, 5.74) is 2.67. The number of nitrogens with one attached hydrogen (secondary N) is 2. The number of halogens is 1. The van der Waals surface area contributed by atoms with E-state index in [9.17, 15) is 19.1 Å². The second-order valence-corrected chi connectivity index (χ2v) is 10.8. The van der Waals surface area contributed by atoms with Gasteiger partial charge >= 0.3 is 5.97 Å². The molecule has 1 unspecified atom stereocenters. The second-order valence-electron chi connectivity index (χ2n) is 10.8. The van der Waals surface area contributed by atoms with E-state index in [4.69, 9.17) is 9.72 Å². The number of carboxylic acids is 1. The molecule has 3 heterocycles. The van der Waals surface area contributed by atoms with Crippen LogP contribution < -0.4 is 10.6 Å². The topological polar surface area (TPSA) is 117 Å². The molecule has 3 N–H and O–H groups in total. The zero-order chi connectivity index (χ0) is 28.3. The minimum absolute atomic E-state index is 0.139. The van der Waals surface area contributed by atoms with Crippen LogP contribution in [0.3, 0.4) is 0 Å². The molecule has 2 aromatic heterocycles. The van der Waals surface area contributed by atoms with Crippen LogP contribution >= 0.6 is 0 Å².